The van der Waals surface area contributed by atoms with Crippen LogP contribution in [0.1, 0.15) is 32.1 Å². The third-order valence-electron chi connectivity index (χ3n) is 3.53. The standard InChI is InChI=1S/C10H18ClNO3S/c11-8-10(4-1-5-10)12-16(13,14)9-2-6-15-7-3-9/h9,12H,1-8H2. The van der Waals surface area contributed by atoms with Gasteiger partial charge in [-0.25, -0.2) is 13.1 Å². The smallest absolute Gasteiger partial charge is 0.215 e. The molecule has 1 aliphatic carbocycles. The molecule has 1 N–H and O–H groups in total. The van der Waals surface area contributed by atoms with Gasteiger partial charge in [-0.3, -0.25) is 0 Å². The molecule has 16 heavy (non-hydrogen) atoms. The maximum absolute atomic E-state index is 12.1. The fourth-order valence-corrected chi connectivity index (χ4v) is 4.51. The molecule has 1 heterocycles. The van der Waals surface area contributed by atoms with Gasteiger partial charge in [0.25, 0.3) is 0 Å². The Hall–Kier alpha value is 0.160. The number of hydrogen-bond donors (Lipinski definition) is 1. The highest BCUT2D eigenvalue weighted by atomic mass is 35.5. The van der Waals surface area contributed by atoms with E-state index in [4.69, 9.17) is 16.3 Å². The summed E-state index contributed by atoms with van der Waals surface area (Å²) in [6.07, 6.45) is 3.96. The Labute approximate surface area is 102 Å². The quantitative estimate of drug-likeness (QED) is 0.780. The highest BCUT2D eigenvalue weighted by Crippen LogP contribution is 2.34. The van der Waals surface area contributed by atoms with Gasteiger partial charge in [-0.15, -0.1) is 11.6 Å². The van der Waals surface area contributed by atoms with E-state index in [1.807, 2.05) is 0 Å². The molecule has 2 fully saturated rings. The second-order valence-electron chi connectivity index (χ2n) is 4.73. The number of ether oxygens (including phenoxy) is 1. The summed E-state index contributed by atoms with van der Waals surface area (Å²) in [6.45, 7) is 1.08. The molecular weight excluding hydrogens is 250 g/mol. The van der Waals surface area contributed by atoms with Crippen LogP contribution in [0.5, 0.6) is 0 Å². The molecule has 4 nitrogen and oxygen atoms in total. The molecule has 2 rings (SSSR count). The van der Waals surface area contributed by atoms with E-state index in [1.165, 1.54) is 0 Å². The molecule has 0 aromatic heterocycles. The summed E-state index contributed by atoms with van der Waals surface area (Å²) in [5.41, 5.74) is -0.362. The summed E-state index contributed by atoms with van der Waals surface area (Å²) >= 11 is 5.85. The van der Waals surface area contributed by atoms with Crippen molar-refractivity contribution in [1.82, 2.24) is 4.72 Å². The van der Waals surface area contributed by atoms with Crippen molar-refractivity contribution >= 4 is 21.6 Å². The number of hydrogen-bond acceptors (Lipinski definition) is 3. The van der Waals surface area contributed by atoms with Gasteiger partial charge in [-0.1, -0.05) is 0 Å². The highest BCUT2D eigenvalue weighted by molar-refractivity contribution is 7.90. The molecule has 0 spiro atoms. The van der Waals surface area contributed by atoms with Crippen LogP contribution in [0.2, 0.25) is 0 Å². The predicted octanol–water partition coefficient (Wildman–Crippen LogP) is 1.25. The zero-order chi connectivity index (χ0) is 11.6. The minimum absolute atomic E-state index is 0.304. The van der Waals surface area contributed by atoms with Gasteiger partial charge < -0.3 is 4.74 Å². The van der Waals surface area contributed by atoms with Crippen molar-refractivity contribution in [3.05, 3.63) is 0 Å². The summed E-state index contributed by atoms with van der Waals surface area (Å²) in [7, 11) is -3.23. The molecule has 1 saturated heterocycles. The monoisotopic (exact) mass is 267 g/mol. The normalized spacial score (nSPS) is 26.3. The van der Waals surface area contributed by atoms with Gasteiger partial charge in [-0.2, -0.15) is 0 Å². The number of rotatable bonds is 4. The second-order valence-corrected chi connectivity index (χ2v) is 6.95. The molecule has 1 aliphatic heterocycles. The topological polar surface area (TPSA) is 55.4 Å². The lowest BCUT2D eigenvalue weighted by Crippen LogP contribution is -2.57. The zero-order valence-electron chi connectivity index (χ0n) is 9.25. The molecule has 0 aromatic carbocycles. The average Bonchev–Trinajstić information content (AvgIpc) is 2.25. The van der Waals surface area contributed by atoms with Gasteiger partial charge in [0.05, 0.1) is 5.25 Å². The molecule has 0 amide bonds. The van der Waals surface area contributed by atoms with Crippen LogP contribution in [-0.4, -0.2) is 38.3 Å². The van der Waals surface area contributed by atoms with Crippen molar-refractivity contribution in [2.24, 2.45) is 0 Å². The lowest BCUT2D eigenvalue weighted by Gasteiger charge is -2.41. The van der Waals surface area contributed by atoms with E-state index >= 15 is 0 Å². The van der Waals surface area contributed by atoms with Crippen LogP contribution >= 0.6 is 11.6 Å². The average molecular weight is 268 g/mol. The third-order valence-corrected chi connectivity index (χ3v) is 6.11. The molecule has 6 heteroatoms. The van der Waals surface area contributed by atoms with E-state index in [0.717, 1.165) is 19.3 Å². The molecule has 0 bridgehead atoms. The molecule has 1 saturated carbocycles. The van der Waals surface area contributed by atoms with E-state index in [2.05, 4.69) is 4.72 Å². The largest absolute Gasteiger partial charge is 0.381 e. The number of halogens is 1. The summed E-state index contributed by atoms with van der Waals surface area (Å²) in [4.78, 5) is 0. The van der Waals surface area contributed by atoms with Crippen molar-refractivity contribution in [2.75, 3.05) is 19.1 Å². The Morgan fingerprint density at radius 3 is 2.38 bits per heavy atom. The third kappa shape index (κ3) is 2.53. The first-order valence-corrected chi connectivity index (χ1v) is 7.83. The minimum atomic E-state index is -3.23. The second kappa shape index (κ2) is 4.80. The van der Waals surface area contributed by atoms with Gasteiger partial charge in [0, 0.05) is 24.6 Å². The van der Waals surface area contributed by atoms with Crippen molar-refractivity contribution in [1.29, 1.82) is 0 Å². The minimum Gasteiger partial charge on any atom is -0.381 e. The first-order valence-electron chi connectivity index (χ1n) is 5.74. The Morgan fingerprint density at radius 1 is 1.31 bits per heavy atom. The number of sulfonamides is 1. The summed E-state index contributed by atoms with van der Waals surface area (Å²) < 4.78 is 32.2. The van der Waals surface area contributed by atoms with E-state index in [0.29, 0.717) is 31.9 Å². The van der Waals surface area contributed by atoms with Crippen LogP contribution in [-0.2, 0) is 14.8 Å². The van der Waals surface area contributed by atoms with Crippen LogP contribution < -0.4 is 4.72 Å². The Bertz CT molecular complexity index is 328. The lowest BCUT2D eigenvalue weighted by molar-refractivity contribution is 0.0976. The number of nitrogens with one attached hydrogen (secondary N) is 1. The molecule has 2 aliphatic rings. The summed E-state index contributed by atoms with van der Waals surface area (Å²) in [5, 5.41) is -0.304. The molecule has 0 aromatic rings. The van der Waals surface area contributed by atoms with Crippen molar-refractivity contribution in [2.45, 2.75) is 42.9 Å². The SMILES string of the molecule is O=S(=O)(NC1(CCl)CCC1)C1CCOCC1. The van der Waals surface area contributed by atoms with Crippen LogP contribution in [0.3, 0.4) is 0 Å². The first kappa shape index (κ1) is 12.6. The van der Waals surface area contributed by atoms with Crippen LogP contribution in [0, 0.1) is 0 Å². The lowest BCUT2D eigenvalue weighted by atomic mass is 9.79. The van der Waals surface area contributed by atoms with Crippen molar-refractivity contribution in [3.8, 4) is 0 Å². The maximum Gasteiger partial charge on any atom is 0.215 e. The molecular formula is C10H18ClNO3S. The van der Waals surface area contributed by atoms with Crippen LogP contribution in [0.25, 0.3) is 0 Å². The van der Waals surface area contributed by atoms with E-state index < -0.39 is 10.0 Å². The Kier molecular flexibility index (Phi) is 3.79. The van der Waals surface area contributed by atoms with Crippen LogP contribution in [0.15, 0.2) is 0 Å². The Morgan fingerprint density at radius 2 is 1.94 bits per heavy atom. The maximum atomic E-state index is 12.1. The first-order chi connectivity index (χ1) is 7.58. The van der Waals surface area contributed by atoms with E-state index in [1.54, 1.807) is 0 Å². The number of alkyl halides is 1. The van der Waals surface area contributed by atoms with Gasteiger partial charge in [0.2, 0.25) is 10.0 Å². The van der Waals surface area contributed by atoms with Gasteiger partial charge >= 0.3 is 0 Å². The molecule has 94 valence electrons. The van der Waals surface area contributed by atoms with E-state index in [-0.39, 0.29) is 10.8 Å². The van der Waals surface area contributed by atoms with Gasteiger partial charge in [0.15, 0.2) is 0 Å². The van der Waals surface area contributed by atoms with E-state index in [9.17, 15) is 8.42 Å². The zero-order valence-corrected chi connectivity index (χ0v) is 10.8. The fraction of sp³-hybridized carbons (Fsp3) is 1.00. The fourth-order valence-electron chi connectivity index (χ4n) is 2.24. The van der Waals surface area contributed by atoms with Gasteiger partial charge in [0.1, 0.15) is 0 Å². The van der Waals surface area contributed by atoms with Crippen LogP contribution in [0.4, 0.5) is 0 Å². The summed E-state index contributed by atoms with van der Waals surface area (Å²) in [5.74, 6) is 0.370. The molecule has 0 radical (unpaired) electrons. The molecule has 0 unspecified atom stereocenters. The molecule has 0 atom stereocenters. The van der Waals surface area contributed by atoms with Gasteiger partial charge in [-0.05, 0) is 32.1 Å². The van der Waals surface area contributed by atoms with Crippen molar-refractivity contribution in [3.63, 3.8) is 0 Å². The highest BCUT2D eigenvalue weighted by Gasteiger charge is 2.42. The predicted molar refractivity (Wildman–Crippen MR) is 63.2 cm³/mol. The summed E-state index contributed by atoms with van der Waals surface area (Å²) in [6, 6.07) is 0. The van der Waals surface area contributed by atoms with Crippen molar-refractivity contribution < 1.29 is 13.2 Å². The Balaban J connectivity index is 2.01.